The molecule has 2 aromatic carbocycles. The third kappa shape index (κ3) is 3.11. The third-order valence-corrected chi connectivity index (χ3v) is 5.23. The molecule has 0 unspecified atom stereocenters. The van der Waals surface area contributed by atoms with Crippen LogP contribution in [0.25, 0.3) is 0 Å². The molecule has 0 fully saturated rings. The van der Waals surface area contributed by atoms with Crippen LogP contribution in [0.2, 0.25) is 10.0 Å². The lowest BCUT2D eigenvalue weighted by molar-refractivity contribution is 0.247. The van der Waals surface area contributed by atoms with E-state index in [0.717, 1.165) is 12.1 Å². The maximum atomic E-state index is 13.0. The summed E-state index contributed by atoms with van der Waals surface area (Å²) in [5.41, 5.74) is 2.50. The fraction of sp³-hybridized carbons (Fsp3) is 0.316. The van der Waals surface area contributed by atoms with Crippen LogP contribution in [0.15, 0.2) is 42.5 Å². The number of amides is 2. The van der Waals surface area contributed by atoms with E-state index >= 15 is 0 Å². The fourth-order valence-corrected chi connectivity index (χ4v) is 3.82. The normalized spacial score (nSPS) is 18.9. The zero-order chi connectivity index (χ0) is 17.5. The van der Waals surface area contributed by atoms with Crippen molar-refractivity contribution in [3.8, 4) is 0 Å². The smallest absolute Gasteiger partial charge is 0.307 e. The van der Waals surface area contributed by atoms with E-state index in [9.17, 15) is 4.79 Å². The minimum Gasteiger partial charge on any atom is -0.307 e. The molecule has 126 valence electrons. The lowest BCUT2D eigenvalue weighted by atomic mass is 9.80. The highest BCUT2D eigenvalue weighted by atomic mass is 35.5. The number of carbonyl (C=O) groups is 1. The Morgan fingerprint density at radius 1 is 1.17 bits per heavy atom. The third-order valence-electron chi connectivity index (χ3n) is 4.49. The lowest BCUT2D eigenvalue weighted by Gasteiger charge is -2.45. The van der Waals surface area contributed by atoms with Crippen molar-refractivity contribution < 1.29 is 4.79 Å². The van der Waals surface area contributed by atoms with Gasteiger partial charge in [-0.2, -0.15) is 0 Å². The Kier molecular flexibility index (Phi) is 4.50. The second-order valence-electron chi connectivity index (χ2n) is 6.87. The maximum Gasteiger partial charge on any atom is 0.326 e. The molecule has 24 heavy (non-hydrogen) atoms. The molecule has 1 aliphatic heterocycles. The first-order valence-corrected chi connectivity index (χ1v) is 8.70. The summed E-state index contributed by atoms with van der Waals surface area (Å²) < 4.78 is 0. The van der Waals surface area contributed by atoms with Gasteiger partial charge in [0.1, 0.15) is 0 Å². The number of para-hydroxylation sites is 1. The van der Waals surface area contributed by atoms with Crippen molar-refractivity contribution in [1.29, 1.82) is 0 Å². The van der Waals surface area contributed by atoms with Gasteiger partial charge in [0.05, 0.1) is 10.0 Å². The molecule has 1 atom stereocenters. The Labute approximate surface area is 152 Å². The summed E-state index contributed by atoms with van der Waals surface area (Å²) in [4.78, 5) is 14.8. The monoisotopic (exact) mass is 362 g/mol. The number of nitrogens with one attached hydrogen (secondary N) is 1. The number of hydrogen-bond acceptors (Lipinski definition) is 1. The molecule has 0 spiro atoms. The Balaban J connectivity index is 1.95. The first-order chi connectivity index (χ1) is 11.3. The highest BCUT2D eigenvalue weighted by Crippen LogP contribution is 2.43. The van der Waals surface area contributed by atoms with Crippen LogP contribution in [0.1, 0.15) is 38.7 Å². The van der Waals surface area contributed by atoms with Gasteiger partial charge >= 0.3 is 6.03 Å². The minimum atomic E-state index is -0.284. The predicted octanol–water partition coefficient (Wildman–Crippen LogP) is 6.32. The molecule has 3 nitrogen and oxygen atoms in total. The molecule has 0 saturated heterocycles. The van der Waals surface area contributed by atoms with Gasteiger partial charge in [-0.05, 0) is 56.0 Å². The minimum absolute atomic E-state index is 0.169. The molecular formula is C19H20Cl2N2O. The molecule has 1 N–H and O–H groups in total. The molecule has 5 heteroatoms. The van der Waals surface area contributed by atoms with E-state index in [-0.39, 0.29) is 11.6 Å². The molecular weight excluding hydrogens is 343 g/mol. The number of urea groups is 1. The number of fused-ring (bicyclic) bond motifs is 1. The fourth-order valence-electron chi connectivity index (χ4n) is 3.52. The average molecular weight is 363 g/mol. The Bertz CT molecular complexity index is 789. The first kappa shape index (κ1) is 17.1. The zero-order valence-corrected chi connectivity index (χ0v) is 15.4. The van der Waals surface area contributed by atoms with Crippen LogP contribution in [0.3, 0.4) is 0 Å². The highest BCUT2D eigenvalue weighted by molar-refractivity contribution is 6.42. The number of anilines is 2. The van der Waals surface area contributed by atoms with E-state index in [0.29, 0.717) is 21.7 Å². The summed E-state index contributed by atoms with van der Waals surface area (Å²) in [5, 5.41) is 3.82. The van der Waals surface area contributed by atoms with Crippen molar-refractivity contribution in [1.82, 2.24) is 0 Å². The summed E-state index contributed by atoms with van der Waals surface area (Å²) >= 11 is 12.0. The van der Waals surface area contributed by atoms with Crippen LogP contribution in [0.5, 0.6) is 0 Å². The number of halogens is 2. The van der Waals surface area contributed by atoms with Gasteiger partial charge in [0, 0.05) is 16.9 Å². The Morgan fingerprint density at radius 3 is 2.58 bits per heavy atom. The molecule has 0 bridgehead atoms. The van der Waals surface area contributed by atoms with E-state index in [1.807, 2.05) is 23.1 Å². The van der Waals surface area contributed by atoms with Crippen molar-refractivity contribution in [2.45, 2.75) is 38.6 Å². The van der Waals surface area contributed by atoms with E-state index < -0.39 is 0 Å². The molecule has 2 aromatic rings. The summed E-state index contributed by atoms with van der Waals surface area (Å²) in [5.74, 6) is 0.408. The van der Waals surface area contributed by atoms with Gasteiger partial charge in [-0.25, -0.2) is 4.79 Å². The van der Waals surface area contributed by atoms with E-state index in [1.54, 1.807) is 18.2 Å². The van der Waals surface area contributed by atoms with E-state index in [4.69, 9.17) is 23.2 Å². The molecule has 1 aliphatic rings. The van der Waals surface area contributed by atoms with Gasteiger partial charge in [-0.15, -0.1) is 0 Å². The van der Waals surface area contributed by atoms with E-state index in [1.165, 1.54) is 5.56 Å². The van der Waals surface area contributed by atoms with Crippen LogP contribution < -0.4 is 10.2 Å². The second kappa shape index (κ2) is 6.30. The number of nitrogens with zero attached hydrogens (tertiary/aromatic N) is 1. The second-order valence-corrected chi connectivity index (χ2v) is 7.69. The first-order valence-electron chi connectivity index (χ1n) is 7.95. The van der Waals surface area contributed by atoms with Crippen LogP contribution in [-0.2, 0) is 0 Å². The largest absolute Gasteiger partial charge is 0.326 e. The van der Waals surface area contributed by atoms with Crippen molar-refractivity contribution in [2.24, 2.45) is 0 Å². The van der Waals surface area contributed by atoms with Crippen molar-refractivity contribution in [3.05, 3.63) is 58.1 Å². The molecule has 0 radical (unpaired) electrons. The number of hydrogen-bond donors (Lipinski definition) is 1. The predicted molar refractivity (Wildman–Crippen MR) is 102 cm³/mol. The van der Waals surface area contributed by atoms with Crippen LogP contribution in [-0.4, -0.2) is 11.6 Å². The summed E-state index contributed by atoms with van der Waals surface area (Å²) in [6, 6.07) is 13.0. The number of carbonyl (C=O) groups excluding carboxylic acids is 1. The maximum absolute atomic E-state index is 13.0. The summed E-state index contributed by atoms with van der Waals surface area (Å²) in [6.07, 6.45) is 0.902. The van der Waals surface area contributed by atoms with E-state index in [2.05, 4.69) is 32.2 Å². The zero-order valence-electron chi connectivity index (χ0n) is 13.9. The molecule has 0 aromatic heterocycles. The van der Waals surface area contributed by atoms with Gasteiger partial charge < -0.3 is 5.32 Å². The van der Waals surface area contributed by atoms with Crippen LogP contribution in [0.4, 0.5) is 16.2 Å². The van der Waals surface area contributed by atoms with Gasteiger partial charge in [0.25, 0.3) is 0 Å². The quantitative estimate of drug-likeness (QED) is 0.632. The molecule has 1 heterocycles. The van der Waals surface area contributed by atoms with Crippen molar-refractivity contribution in [3.63, 3.8) is 0 Å². The van der Waals surface area contributed by atoms with Crippen molar-refractivity contribution >= 4 is 40.6 Å². The van der Waals surface area contributed by atoms with Gasteiger partial charge in [0.2, 0.25) is 0 Å². The standard InChI is InChI=1S/C19H20Cl2N2O/c1-12-11-19(2,3)23(17-7-5-4-6-14(12)17)18(24)22-13-8-9-15(20)16(21)10-13/h4-10,12H,11H2,1-3H3,(H,22,24)/t12-/m0/s1. The molecule has 0 aliphatic carbocycles. The molecule has 0 saturated carbocycles. The highest BCUT2D eigenvalue weighted by Gasteiger charge is 2.39. The SMILES string of the molecule is C[C@H]1CC(C)(C)N(C(=O)Nc2ccc(Cl)c(Cl)c2)c2ccccc21. The van der Waals surface area contributed by atoms with Gasteiger partial charge in [-0.1, -0.05) is 48.3 Å². The Hall–Kier alpha value is -1.71. The number of benzene rings is 2. The van der Waals surface area contributed by atoms with Crippen LogP contribution in [0, 0.1) is 0 Å². The van der Waals surface area contributed by atoms with Crippen molar-refractivity contribution in [2.75, 3.05) is 10.2 Å². The van der Waals surface area contributed by atoms with Gasteiger partial charge in [-0.3, -0.25) is 4.90 Å². The average Bonchev–Trinajstić information content (AvgIpc) is 2.50. The van der Waals surface area contributed by atoms with Crippen LogP contribution >= 0.6 is 23.2 Å². The molecule has 3 rings (SSSR count). The number of rotatable bonds is 1. The topological polar surface area (TPSA) is 32.3 Å². The molecule has 2 amide bonds. The van der Waals surface area contributed by atoms with Gasteiger partial charge in [0.15, 0.2) is 0 Å². The Morgan fingerprint density at radius 2 is 1.88 bits per heavy atom. The summed E-state index contributed by atoms with van der Waals surface area (Å²) in [7, 11) is 0. The lowest BCUT2D eigenvalue weighted by Crippen LogP contribution is -2.53. The summed E-state index contributed by atoms with van der Waals surface area (Å²) in [6.45, 7) is 6.39.